The van der Waals surface area contributed by atoms with Crippen molar-refractivity contribution in [2.45, 2.75) is 25.3 Å². The first-order chi connectivity index (χ1) is 6.27. The minimum absolute atomic E-state index is 0.377. The molecule has 1 heterocycles. The number of hydrogen-bond acceptors (Lipinski definition) is 2. The highest BCUT2D eigenvalue weighted by atomic mass is 79.9. The summed E-state index contributed by atoms with van der Waals surface area (Å²) in [6, 6.07) is 2.48. The number of hydrogen-bond donors (Lipinski definition) is 1. The molecule has 0 aromatic carbocycles. The van der Waals surface area contributed by atoms with Crippen molar-refractivity contribution in [2.24, 2.45) is 5.73 Å². The molecule has 2 N–H and O–H groups in total. The molecule has 0 saturated carbocycles. The van der Waals surface area contributed by atoms with Gasteiger partial charge < -0.3 is 5.73 Å². The van der Waals surface area contributed by atoms with Crippen LogP contribution in [0.2, 0.25) is 0 Å². The van der Waals surface area contributed by atoms with Crippen LogP contribution in [0.15, 0.2) is 22.0 Å². The first kappa shape index (κ1) is 9.44. The molecule has 1 unspecified atom stereocenters. The van der Waals surface area contributed by atoms with Crippen LogP contribution in [-0.2, 0) is 0 Å². The Hall–Kier alpha value is -0.120. The molecular weight excluding hydrogens is 246 g/mol. The van der Waals surface area contributed by atoms with E-state index in [4.69, 9.17) is 5.73 Å². The maximum absolute atomic E-state index is 5.84. The fourth-order valence-corrected chi connectivity index (χ4v) is 3.28. The lowest BCUT2D eigenvalue weighted by atomic mass is 9.95. The zero-order chi connectivity index (χ0) is 9.26. The number of thiophene rings is 1. The Morgan fingerprint density at radius 1 is 1.54 bits per heavy atom. The van der Waals surface area contributed by atoms with E-state index in [1.807, 2.05) is 0 Å². The second-order valence-corrected chi connectivity index (χ2v) is 5.13. The molecule has 70 valence electrons. The normalized spacial score (nSPS) is 22.9. The van der Waals surface area contributed by atoms with Gasteiger partial charge in [0.25, 0.3) is 0 Å². The van der Waals surface area contributed by atoms with Gasteiger partial charge in [-0.25, -0.2) is 0 Å². The highest BCUT2D eigenvalue weighted by Crippen LogP contribution is 2.34. The van der Waals surface area contributed by atoms with E-state index in [2.05, 4.69) is 33.5 Å². The van der Waals surface area contributed by atoms with Crippen LogP contribution in [-0.4, -0.2) is 6.04 Å². The second-order valence-electron chi connectivity index (χ2n) is 3.36. The van der Waals surface area contributed by atoms with E-state index in [9.17, 15) is 0 Å². The third-order valence-corrected chi connectivity index (χ3v) is 4.27. The van der Waals surface area contributed by atoms with Crippen LogP contribution in [0.3, 0.4) is 0 Å². The standard InChI is InChI=1S/C10H12BrNS/c11-9-5-6-13-10(9)7-1-3-8(12)4-2-7/h1,5-6,8H,2-4,12H2. The molecule has 0 fully saturated rings. The van der Waals surface area contributed by atoms with E-state index < -0.39 is 0 Å². The predicted molar refractivity (Wildman–Crippen MR) is 61.8 cm³/mol. The van der Waals surface area contributed by atoms with Crippen molar-refractivity contribution in [3.8, 4) is 0 Å². The molecule has 0 radical (unpaired) electrons. The molecule has 0 saturated heterocycles. The molecule has 1 aromatic rings. The molecule has 0 bridgehead atoms. The average Bonchev–Trinajstić information content (AvgIpc) is 2.53. The smallest absolute Gasteiger partial charge is 0.0441 e. The van der Waals surface area contributed by atoms with Crippen molar-refractivity contribution in [3.63, 3.8) is 0 Å². The fourth-order valence-electron chi connectivity index (χ4n) is 1.58. The topological polar surface area (TPSA) is 26.0 Å². The van der Waals surface area contributed by atoms with Gasteiger partial charge in [0.2, 0.25) is 0 Å². The van der Waals surface area contributed by atoms with E-state index in [0.29, 0.717) is 6.04 Å². The lowest BCUT2D eigenvalue weighted by Gasteiger charge is -2.17. The Balaban J connectivity index is 2.23. The zero-order valence-electron chi connectivity index (χ0n) is 7.29. The van der Waals surface area contributed by atoms with Crippen LogP contribution in [0, 0.1) is 0 Å². The van der Waals surface area contributed by atoms with Gasteiger partial charge in [0.05, 0.1) is 0 Å². The molecule has 1 atom stereocenters. The van der Waals surface area contributed by atoms with Crippen molar-refractivity contribution < 1.29 is 0 Å². The molecular formula is C10H12BrNS. The Morgan fingerprint density at radius 2 is 2.38 bits per heavy atom. The Morgan fingerprint density at radius 3 is 2.92 bits per heavy atom. The van der Waals surface area contributed by atoms with Crippen molar-refractivity contribution in [1.29, 1.82) is 0 Å². The van der Waals surface area contributed by atoms with Crippen molar-refractivity contribution >= 4 is 32.8 Å². The molecule has 0 aliphatic heterocycles. The molecule has 0 amide bonds. The maximum atomic E-state index is 5.84. The summed E-state index contributed by atoms with van der Waals surface area (Å²) in [7, 11) is 0. The van der Waals surface area contributed by atoms with Gasteiger partial charge in [-0.3, -0.25) is 0 Å². The summed E-state index contributed by atoms with van der Waals surface area (Å²) in [6.45, 7) is 0. The van der Waals surface area contributed by atoms with Gasteiger partial charge in [0.15, 0.2) is 0 Å². The summed E-state index contributed by atoms with van der Waals surface area (Å²) in [5.74, 6) is 0. The Labute approximate surface area is 90.8 Å². The molecule has 2 rings (SSSR count). The largest absolute Gasteiger partial charge is 0.327 e. The lowest BCUT2D eigenvalue weighted by molar-refractivity contribution is 0.615. The summed E-state index contributed by atoms with van der Waals surface area (Å²) < 4.78 is 1.22. The van der Waals surface area contributed by atoms with Gasteiger partial charge in [0.1, 0.15) is 0 Å². The quantitative estimate of drug-likeness (QED) is 0.820. The third-order valence-electron chi connectivity index (χ3n) is 2.36. The molecule has 0 spiro atoms. The van der Waals surface area contributed by atoms with E-state index >= 15 is 0 Å². The first-order valence-electron chi connectivity index (χ1n) is 4.45. The average molecular weight is 258 g/mol. The molecule has 1 aromatic heterocycles. The number of nitrogens with two attached hydrogens (primary N) is 1. The van der Waals surface area contributed by atoms with Gasteiger partial charge >= 0.3 is 0 Å². The molecule has 3 heteroatoms. The highest BCUT2D eigenvalue weighted by Gasteiger charge is 2.14. The Bertz CT molecular complexity index is 329. The van der Waals surface area contributed by atoms with Crippen molar-refractivity contribution in [3.05, 3.63) is 26.9 Å². The van der Waals surface area contributed by atoms with Gasteiger partial charge in [0, 0.05) is 15.4 Å². The summed E-state index contributed by atoms with van der Waals surface area (Å²) >= 11 is 5.36. The molecule has 1 nitrogen and oxygen atoms in total. The number of halogens is 1. The van der Waals surface area contributed by atoms with E-state index in [-0.39, 0.29) is 0 Å². The van der Waals surface area contributed by atoms with Gasteiger partial charge in [-0.1, -0.05) is 6.08 Å². The number of rotatable bonds is 1. The summed E-state index contributed by atoms with van der Waals surface area (Å²) in [4.78, 5) is 1.38. The van der Waals surface area contributed by atoms with Crippen molar-refractivity contribution in [1.82, 2.24) is 0 Å². The van der Waals surface area contributed by atoms with E-state index in [1.165, 1.54) is 14.9 Å². The third kappa shape index (κ3) is 2.03. The van der Waals surface area contributed by atoms with Gasteiger partial charge in [-0.05, 0) is 52.2 Å². The SMILES string of the molecule is NC1CC=C(c2sccc2Br)CC1. The summed E-state index contributed by atoms with van der Waals surface area (Å²) in [5, 5.41) is 2.12. The van der Waals surface area contributed by atoms with Gasteiger partial charge in [-0.15, -0.1) is 11.3 Å². The summed E-state index contributed by atoms with van der Waals surface area (Å²) in [6.07, 6.45) is 5.56. The van der Waals surface area contributed by atoms with Crippen LogP contribution < -0.4 is 5.73 Å². The first-order valence-corrected chi connectivity index (χ1v) is 6.12. The van der Waals surface area contributed by atoms with E-state index in [1.54, 1.807) is 11.3 Å². The zero-order valence-corrected chi connectivity index (χ0v) is 9.70. The maximum Gasteiger partial charge on any atom is 0.0441 e. The van der Waals surface area contributed by atoms with E-state index in [0.717, 1.165) is 19.3 Å². The van der Waals surface area contributed by atoms with Crippen LogP contribution >= 0.6 is 27.3 Å². The molecule has 13 heavy (non-hydrogen) atoms. The van der Waals surface area contributed by atoms with Crippen LogP contribution in [0.5, 0.6) is 0 Å². The number of allylic oxidation sites excluding steroid dienone is 1. The minimum Gasteiger partial charge on any atom is -0.327 e. The monoisotopic (exact) mass is 257 g/mol. The van der Waals surface area contributed by atoms with Crippen LogP contribution in [0.1, 0.15) is 24.1 Å². The van der Waals surface area contributed by atoms with Crippen LogP contribution in [0.25, 0.3) is 5.57 Å². The lowest BCUT2D eigenvalue weighted by Crippen LogP contribution is -2.21. The van der Waals surface area contributed by atoms with Crippen LogP contribution in [0.4, 0.5) is 0 Å². The Kier molecular flexibility index (Phi) is 2.86. The molecule has 1 aliphatic carbocycles. The van der Waals surface area contributed by atoms with Gasteiger partial charge in [-0.2, -0.15) is 0 Å². The minimum atomic E-state index is 0.377. The predicted octanol–water partition coefficient (Wildman–Crippen LogP) is 3.41. The highest BCUT2D eigenvalue weighted by molar-refractivity contribution is 9.10. The summed E-state index contributed by atoms with van der Waals surface area (Å²) in [5.41, 5.74) is 7.30. The fraction of sp³-hybridized carbons (Fsp3) is 0.400. The second kappa shape index (κ2) is 3.95. The molecule has 1 aliphatic rings. The van der Waals surface area contributed by atoms with Crippen molar-refractivity contribution in [2.75, 3.05) is 0 Å².